The van der Waals surface area contributed by atoms with E-state index >= 15 is 0 Å². The van der Waals surface area contributed by atoms with Crippen LogP contribution in [0.5, 0.6) is 0 Å². The van der Waals surface area contributed by atoms with Gasteiger partial charge in [0.2, 0.25) is 0 Å². The van der Waals surface area contributed by atoms with E-state index < -0.39 is 0 Å². The maximum absolute atomic E-state index is 12.7. The molecule has 1 saturated carbocycles. The highest BCUT2D eigenvalue weighted by molar-refractivity contribution is 6.10. The summed E-state index contributed by atoms with van der Waals surface area (Å²) in [5, 5.41) is 0. The fraction of sp³-hybridized carbons (Fsp3) is 0.316. The molecule has 102 valence electrons. The Morgan fingerprint density at radius 2 is 1.85 bits per heavy atom. The van der Waals surface area contributed by atoms with Crippen molar-refractivity contribution in [2.75, 3.05) is 0 Å². The number of hydrogen-bond acceptors (Lipinski definition) is 1. The maximum Gasteiger partial charge on any atom is 0.193 e. The summed E-state index contributed by atoms with van der Waals surface area (Å²) in [5.74, 6) is 0.811. The number of aryl methyl sites for hydroxylation is 2. The predicted octanol–water partition coefficient (Wildman–Crippen LogP) is 4.80. The zero-order valence-corrected chi connectivity index (χ0v) is 12.1. The highest BCUT2D eigenvalue weighted by Gasteiger charge is 2.20. The van der Waals surface area contributed by atoms with Crippen molar-refractivity contribution in [1.29, 1.82) is 0 Å². The third-order valence-corrected chi connectivity index (χ3v) is 4.35. The predicted molar refractivity (Wildman–Crippen MR) is 82.4 cm³/mol. The number of hydrogen-bond donors (Lipinski definition) is 0. The summed E-state index contributed by atoms with van der Waals surface area (Å²) in [7, 11) is 0. The topological polar surface area (TPSA) is 17.1 Å². The van der Waals surface area contributed by atoms with Gasteiger partial charge in [-0.3, -0.25) is 4.79 Å². The largest absolute Gasteiger partial charge is 0.289 e. The fourth-order valence-corrected chi connectivity index (χ4v) is 2.90. The molecule has 1 aliphatic rings. The van der Waals surface area contributed by atoms with Gasteiger partial charge in [0.25, 0.3) is 0 Å². The second kappa shape index (κ2) is 5.24. The van der Waals surface area contributed by atoms with Gasteiger partial charge in [-0.2, -0.15) is 0 Å². The van der Waals surface area contributed by atoms with E-state index in [4.69, 9.17) is 0 Å². The molecule has 2 aromatic carbocycles. The van der Waals surface area contributed by atoms with Crippen LogP contribution in [0.1, 0.15) is 57.8 Å². The molecule has 0 radical (unpaired) electrons. The molecule has 1 fully saturated rings. The number of ketones is 1. The summed E-state index contributed by atoms with van der Waals surface area (Å²) < 4.78 is 0. The molecule has 0 bridgehead atoms. The van der Waals surface area contributed by atoms with Crippen LogP contribution in [0.4, 0.5) is 0 Å². The molecule has 0 saturated heterocycles. The first-order valence-electron chi connectivity index (χ1n) is 7.37. The van der Waals surface area contributed by atoms with Gasteiger partial charge in [0, 0.05) is 11.1 Å². The average Bonchev–Trinajstić information content (AvgIpc) is 2.36. The minimum atomic E-state index is 0.142. The summed E-state index contributed by atoms with van der Waals surface area (Å²) in [4.78, 5) is 12.7. The lowest BCUT2D eigenvalue weighted by atomic mass is 9.79. The molecular formula is C19H20O. The first-order chi connectivity index (χ1) is 9.65. The Labute approximate surface area is 120 Å². The Bertz CT molecular complexity index is 651. The normalized spacial score (nSPS) is 14.9. The standard InChI is InChI=1S/C19H20O/c1-13-9-10-18(14(2)11-13)19(20)17-8-4-7-16(12-17)15-5-3-6-15/h4,7-12,15H,3,5-6H2,1-2H3. The van der Waals surface area contributed by atoms with E-state index in [9.17, 15) is 4.79 Å². The lowest BCUT2D eigenvalue weighted by Gasteiger charge is -2.26. The monoisotopic (exact) mass is 264 g/mol. The molecule has 1 nitrogen and oxygen atoms in total. The van der Waals surface area contributed by atoms with Crippen molar-refractivity contribution in [2.24, 2.45) is 0 Å². The molecule has 3 rings (SSSR count). The van der Waals surface area contributed by atoms with Crippen molar-refractivity contribution < 1.29 is 4.79 Å². The van der Waals surface area contributed by atoms with Crippen LogP contribution in [0.15, 0.2) is 42.5 Å². The molecule has 0 aromatic heterocycles. The van der Waals surface area contributed by atoms with E-state index in [-0.39, 0.29) is 5.78 Å². The van der Waals surface area contributed by atoms with Crippen molar-refractivity contribution in [3.63, 3.8) is 0 Å². The van der Waals surface area contributed by atoms with E-state index in [1.165, 1.54) is 30.4 Å². The molecule has 0 heterocycles. The second-order valence-corrected chi connectivity index (χ2v) is 5.90. The lowest BCUT2D eigenvalue weighted by molar-refractivity contribution is 0.103. The van der Waals surface area contributed by atoms with Crippen molar-refractivity contribution in [3.8, 4) is 0 Å². The molecule has 2 aromatic rings. The number of rotatable bonds is 3. The Morgan fingerprint density at radius 3 is 2.50 bits per heavy atom. The molecule has 0 aliphatic heterocycles. The summed E-state index contributed by atoms with van der Waals surface area (Å²) in [6.45, 7) is 4.06. The van der Waals surface area contributed by atoms with Crippen LogP contribution in [0.25, 0.3) is 0 Å². The zero-order valence-electron chi connectivity index (χ0n) is 12.1. The van der Waals surface area contributed by atoms with Gasteiger partial charge in [-0.1, -0.05) is 48.4 Å². The molecule has 0 amide bonds. The van der Waals surface area contributed by atoms with Crippen LogP contribution in [0, 0.1) is 13.8 Å². The SMILES string of the molecule is Cc1ccc(C(=O)c2cccc(C3CCC3)c2)c(C)c1. The van der Waals surface area contributed by atoms with Gasteiger partial charge in [0.1, 0.15) is 0 Å². The maximum atomic E-state index is 12.7. The van der Waals surface area contributed by atoms with Crippen LogP contribution in [0.2, 0.25) is 0 Å². The van der Waals surface area contributed by atoms with E-state index in [1.54, 1.807) is 0 Å². The van der Waals surface area contributed by atoms with Crippen molar-refractivity contribution in [2.45, 2.75) is 39.0 Å². The van der Waals surface area contributed by atoms with Gasteiger partial charge in [-0.25, -0.2) is 0 Å². The van der Waals surface area contributed by atoms with Crippen LogP contribution >= 0.6 is 0 Å². The molecule has 0 N–H and O–H groups in total. The van der Waals surface area contributed by atoms with Crippen molar-refractivity contribution in [1.82, 2.24) is 0 Å². The minimum Gasteiger partial charge on any atom is -0.289 e. The highest BCUT2D eigenvalue weighted by atomic mass is 16.1. The number of carbonyl (C=O) groups excluding carboxylic acids is 1. The first-order valence-corrected chi connectivity index (χ1v) is 7.37. The van der Waals surface area contributed by atoms with Crippen LogP contribution in [0.3, 0.4) is 0 Å². The second-order valence-electron chi connectivity index (χ2n) is 5.90. The van der Waals surface area contributed by atoms with Gasteiger partial charge in [-0.15, -0.1) is 0 Å². The van der Waals surface area contributed by atoms with Crippen molar-refractivity contribution >= 4 is 5.78 Å². The van der Waals surface area contributed by atoms with E-state index in [2.05, 4.69) is 25.1 Å². The molecular weight excluding hydrogens is 244 g/mol. The van der Waals surface area contributed by atoms with Crippen LogP contribution < -0.4 is 0 Å². The summed E-state index contributed by atoms with van der Waals surface area (Å²) in [5.41, 5.74) is 5.22. The number of benzene rings is 2. The van der Waals surface area contributed by atoms with Gasteiger partial charge in [-0.05, 0) is 49.8 Å². The molecule has 1 heteroatoms. The minimum absolute atomic E-state index is 0.142. The number of carbonyl (C=O) groups is 1. The third kappa shape index (κ3) is 2.40. The van der Waals surface area contributed by atoms with Crippen LogP contribution in [-0.2, 0) is 0 Å². The van der Waals surface area contributed by atoms with Crippen LogP contribution in [-0.4, -0.2) is 5.78 Å². The lowest BCUT2D eigenvalue weighted by Crippen LogP contribution is -2.10. The van der Waals surface area contributed by atoms with E-state index in [1.807, 2.05) is 31.2 Å². The quantitative estimate of drug-likeness (QED) is 0.728. The summed E-state index contributed by atoms with van der Waals surface area (Å²) >= 11 is 0. The first kappa shape index (κ1) is 13.1. The summed E-state index contributed by atoms with van der Waals surface area (Å²) in [6.07, 6.45) is 3.85. The van der Waals surface area contributed by atoms with Gasteiger partial charge >= 0.3 is 0 Å². The fourth-order valence-electron chi connectivity index (χ4n) is 2.90. The van der Waals surface area contributed by atoms with Gasteiger partial charge in [0.15, 0.2) is 5.78 Å². The van der Waals surface area contributed by atoms with Gasteiger partial charge < -0.3 is 0 Å². The average molecular weight is 264 g/mol. The smallest absolute Gasteiger partial charge is 0.193 e. The molecule has 20 heavy (non-hydrogen) atoms. The Balaban J connectivity index is 1.93. The summed E-state index contributed by atoms with van der Waals surface area (Å²) in [6, 6.07) is 14.2. The van der Waals surface area contributed by atoms with Gasteiger partial charge in [0.05, 0.1) is 0 Å². The van der Waals surface area contributed by atoms with Crippen molar-refractivity contribution in [3.05, 3.63) is 70.3 Å². The highest BCUT2D eigenvalue weighted by Crippen LogP contribution is 2.36. The van der Waals surface area contributed by atoms with E-state index in [0.29, 0.717) is 5.92 Å². The molecule has 0 atom stereocenters. The Morgan fingerprint density at radius 1 is 1.05 bits per heavy atom. The molecule has 1 aliphatic carbocycles. The van der Waals surface area contributed by atoms with E-state index in [0.717, 1.165) is 16.7 Å². The molecule has 0 spiro atoms. The Kier molecular flexibility index (Phi) is 3.43. The Hall–Kier alpha value is -1.89. The molecule has 0 unspecified atom stereocenters. The third-order valence-electron chi connectivity index (χ3n) is 4.35. The zero-order chi connectivity index (χ0) is 14.1.